The van der Waals surface area contributed by atoms with E-state index in [1.165, 1.54) is 5.57 Å². The Hall–Kier alpha value is -1.09. The van der Waals surface area contributed by atoms with E-state index in [-0.39, 0.29) is 11.8 Å². The van der Waals surface area contributed by atoms with Gasteiger partial charge in [0, 0.05) is 13.7 Å². The molecule has 0 spiro atoms. The third-order valence-electron chi connectivity index (χ3n) is 3.97. The van der Waals surface area contributed by atoms with Crippen molar-refractivity contribution in [2.24, 2.45) is 17.3 Å². The number of carboxylic acids is 1. The van der Waals surface area contributed by atoms with E-state index in [0.717, 1.165) is 12.8 Å². The van der Waals surface area contributed by atoms with Gasteiger partial charge in [0.05, 0.1) is 5.41 Å². The first-order chi connectivity index (χ1) is 8.48. The van der Waals surface area contributed by atoms with E-state index in [1.807, 2.05) is 26.0 Å². The van der Waals surface area contributed by atoms with E-state index >= 15 is 0 Å². The molecule has 0 saturated heterocycles. The van der Waals surface area contributed by atoms with E-state index in [2.05, 4.69) is 13.0 Å². The maximum Gasteiger partial charge on any atom is 0.314 e. The molecule has 102 valence electrons. The Morgan fingerprint density at radius 3 is 2.67 bits per heavy atom. The van der Waals surface area contributed by atoms with Crippen molar-refractivity contribution in [3.63, 3.8) is 0 Å². The molecule has 0 aromatic rings. The second-order valence-corrected chi connectivity index (χ2v) is 5.21. The van der Waals surface area contributed by atoms with Crippen molar-refractivity contribution < 1.29 is 14.6 Å². The van der Waals surface area contributed by atoms with Gasteiger partial charge in [0.1, 0.15) is 0 Å². The Kier molecular flexibility index (Phi) is 5.15. The summed E-state index contributed by atoms with van der Waals surface area (Å²) in [6, 6.07) is 0. The maximum atomic E-state index is 11.8. The summed E-state index contributed by atoms with van der Waals surface area (Å²) in [7, 11) is 1.65. The molecule has 18 heavy (non-hydrogen) atoms. The Morgan fingerprint density at radius 1 is 1.56 bits per heavy atom. The van der Waals surface area contributed by atoms with E-state index in [9.17, 15) is 9.90 Å². The zero-order chi connectivity index (χ0) is 13.8. The number of hydrogen-bond donors (Lipinski definition) is 1. The van der Waals surface area contributed by atoms with Crippen LogP contribution < -0.4 is 0 Å². The van der Waals surface area contributed by atoms with Gasteiger partial charge in [0.25, 0.3) is 0 Å². The Labute approximate surface area is 110 Å². The molecule has 3 heteroatoms. The summed E-state index contributed by atoms with van der Waals surface area (Å²) in [4.78, 5) is 11.8. The first-order valence-corrected chi connectivity index (χ1v) is 6.61. The Bertz CT molecular complexity index is 355. The van der Waals surface area contributed by atoms with Gasteiger partial charge >= 0.3 is 5.97 Å². The van der Waals surface area contributed by atoms with Crippen LogP contribution in [0, 0.1) is 17.3 Å². The van der Waals surface area contributed by atoms with Crippen LogP contribution in [0.15, 0.2) is 23.8 Å². The smallest absolute Gasteiger partial charge is 0.314 e. The second kappa shape index (κ2) is 6.19. The SMILES string of the molecule is CCC1=CC(CCOC)C(C(=O)O)(C(C)C)C=C1. The van der Waals surface area contributed by atoms with Crippen LogP contribution in [0.3, 0.4) is 0 Å². The predicted octanol–water partition coefficient (Wildman–Crippen LogP) is 3.27. The lowest BCUT2D eigenvalue weighted by Gasteiger charge is -2.39. The molecule has 1 N–H and O–H groups in total. The van der Waals surface area contributed by atoms with E-state index in [0.29, 0.717) is 6.61 Å². The number of carboxylic acid groups (broad SMARTS) is 1. The number of ether oxygens (including phenoxy) is 1. The van der Waals surface area contributed by atoms with Crippen LogP contribution in [0.5, 0.6) is 0 Å². The highest BCUT2D eigenvalue weighted by Gasteiger charge is 2.46. The lowest BCUT2D eigenvalue weighted by atomic mass is 9.63. The van der Waals surface area contributed by atoms with Crippen LogP contribution in [0.2, 0.25) is 0 Å². The van der Waals surface area contributed by atoms with Crippen LogP contribution in [0.25, 0.3) is 0 Å². The van der Waals surface area contributed by atoms with Crippen molar-refractivity contribution in [2.75, 3.05) is 13.7 Å². The first-order valence-electron chi connectivity index (χ1n) is 6.61. The molecule has 1 rings (SSSR count). The van der Waals surface area contributed by atoms with Gasteiger partial charge in [0.15, 0.2) is 0 Å². The maximum absolute atomic E-state index is 11.8. The molecular formula is C15H24O3. The van der Waals surface area contributed by atoms with Crippen molar-refractivity contribution in [3.8, 4) is 0 Å². The zero-order valence-electron chi connectivity index (χ0n) is 11.8. The van der Waals surface area contributed by atoms with E-state index in [4.69, 9.17) is 4.74 Å². The number of methoxy groups -OCH3 is 1. The summed E-state index contributed by atoms with van der Waals surface area (Å²) < 4.78 is 5.12. The lowest BCUT2D eigenvalue weighted by molar-refractivity contribution is -0.151. The molecule has 1 aliphatic rings. The summed E-state index contributed by atoms with van der Waals surface area (Å²) in [6.07, 6.45) is 7.66. The van der Waals surface area contributed by atoms with Crippen LogP contribution in [-0.4, -0.2) is 24.8 Å². The molecule has 0 aromatic carbocycles. The molecule has 0 bridgehead atoms. The molecule has 0 heterocycles. The molecule has 0 amide bonds. The molecule has 0 aromatic heterocycles. The molecule has 1 aliphatic carbocycles. The van der Waals surface area contributed by atoms with Gasteiger partial charge in [-0.2, -0.15) is 0 Å². The molecule has 2 atom stereocenters. The highest BCUT2D eigenvalue weighted by molar-refractivity contribution is 5.79. The van der Waals surface area contributed by atoms with Crippen molar-refractivity contribution in [1.82, 2.24) is 0 Å². The average Bonchev–Trinajstić information content (AvgIpc) is 2.35. The molecule has 0 saturated carbocycles. The van der Waals surface area contributed by atoms with Crippen molar-refractivity contribution in [2.45, 2.75) is 33.6 Å². The third kappa shape index (κ3) is 2.66. The van der Waals surface area contributed by atoms with Gasteiger partial charge in [-0.1, -0.05) is 44.6 Å². The standard InChI is InChI=1S/C15H24O3/c1-5-12-6-8-15(11(2)3,14(16)17)13(10-12)7-9-18-4/h6,8,10-11,13H,5,7,9H2,1-4H3,(H,16,17). The topological polar surface area (TPSA) is 46.5 Å². The molecule has 2 unspecified atom stereocenters. The van der Waals surface area contributed by atoms with Crippen molar-refractivity contribution in [3.05, 3.63) is 23.8 Å². The fourth-order valence-electron chi connectivity index (χ4n) is 2.72. The fraction of sp³-hybridized carbons (Fsp3) is 0.667. The van der Waals surface area contributed by atoms with Gasteiger partial charge in [-0.15, -0.1) is 0 Å². The summed E-state index contributed by atoms with van der Waals surface area (Å²) in [5, 5.41) is 9.67. The fourth-order valence-corrected chi connectivity index (χ4v) is 2.72. The molecule has 0 aliphatic heterocycles. The minimum Gasteiger partial charge on any atom is -0.481 e. The van der Waals surface area contributed by atoms with Crippen LogP contribution in [0.1, 0.15) is 33.6 Å². The molecule has 0 radical (unpaired) electrons. The minimum atomic E-state index is -0.794. The largest absolute Gasteiger partial charge is 0.481 e. The summed E-state index contributed by atoms with van der Waals surface area (Å²) in [5.41, 5.74) is 0.422. The number of aliphatic carboxylic acids is 1. The Balaban J connectivity index is 3.11. The van der Waals surface area contributed by atoms with Gasteiger partial charge in [0.2, 0.25) is 0 Å². The number of rotatable bonds is 6. The van der Waals surface area contributed by atoms with Gasteiger partial charge < -0.3 is 9.84 Å². The first kappa shape index (κ1) is 15.0. The summed E-state index contributed by atoms with van der Waals surface area (Å²) >= 11 is 0. The van der Waals surface area contributed by atoms with Gasteiger partial charge in [-0.3, -0.25) is 4.79 Å². The highest BCUT2D eigenvalue weighted by Crippen LogP contribution is 2.44. The number of allylic oxidation sites excluding steroid dienone is 3. The average molecular weight is 252 g/mol. The third-order valence-corrected chi connectivity index (χ3v) is 3.97. The highest BCUT2D eigenvalue weighted by atomic mass is 16.5. The normalized spacial score (nSPS) is 27.4. The lowest BCUT2D eigenvalue weighted by Crippen LogP contribution is -2.42. The summed E-state index contributed by atoms with van der Waals surface area (Å²) in [6.45, 7) is 6.63. The van der Waals surface area contributed by atoms with E-state index in [1.54, 1.807) is 7.11 Å². The monoisotopic (exact) mass is 252 g/mol. The van der Waals surface area contributed by atoms with E-state index < -0.39 is 11.4 Å². The molecule has 3 nitrogen and oxygen atoms in total. The van der Waals surface area contributed by atoms with Crippen LogP contribution >= 0.6 is 0 Å². The molecule has 0 fully saturated rings. The summed E-state index contributed by atoms with van der Waals surface area (Å²) in [5.74, 6) is -0.668. The van der Waals surface area contributed by atoms with Crippen molar-refractivity contribution in [1.29, 1.82) is 0 Å². The van der Waals surface area contributed by atoms with Crippen LogP contribution in [-0.2, 0) is 9.53 Å². The molecular weight excluding hydrogens is 228 g/mol. The van der Waals surface area contributed by atoms with Crippen molar-refractivity contribution >= 4 is 5.97 Å². The predicted molar refractivity (Wildman–Crippen MR) is 72.4 cm³/mol. The minimum absolute atomic E-state index is 0.00917. The second-order valence-electron chi connectivity index (χ2n) is 5.21. The number of hydrogen-bond acceptors (Lipinski definition) is 2. The van der Waals surface area contributed by atoms with Crippen LogP contribution in [0.4, 0.5) is 0 Å². The Morgan fingerprint density at radius 2 is 2.22 bits per heavy atom. The van der Waals surface area contributed by atoms with Gasteiger partial charge in [-0.05, 0) is 24.7 Å². The zero-order valence-corrected chi connectivity index (χ0v) is 11.8. The quantitative estimate of drug-likeness (QED) is 0.789. The number of carbonyl (C=O) groups is 1. The van der Waals surface area contributed by atoms with Gasteiger partial charge in [-0.25, -0.2) is 0 Å².